The molecule has 2 atom stereocenters. The summed E-state index contributed by atoms with van der Waals surface area (Å²) in [7, 11) is 0. The molecule has 3 aromatic carbocycles. The summed E-state index contributed by atoms with van der Waals surface area (Å²) < 4.78 is 6.08. The molecule has 7 N–H and O–H groups in total. The topological polar surface area (TPSA) is 152 Å². The Morgan fingerprint density at radius 1 is 0.962 bits per heavy atom. The number of hydrogen-bond donors (Lipinski definition) is 5. The highest BCUT2D eigenvalue weighted by atomic mass is 16.5. The number of benzene rings is 3. The molecule has 4 aromatic rings. The smallest absolute Gasteiger partial charge is 0.168 e. The maximum Gasteiger partial charge on any atom is 0.168 e. The number of fused-ring (bicyclic) bond motifs is 1. The first-order chi connectivity index (χ1) is 25.2. The van der Waals surface area contributed by atoms with E-state index < -0.39 is 6.17 Å². The van der Waals surface area contributed by atoms with Crippen LogP contribution in [0, 0.1) is 11.3 Å². The van der Waals surface area contributed by atoms with Crippen molar-refractivity contribution < 1.29 is 24.5 Å². The summed E-state index contributed by atoms with van der Waals surface area (Å²) in [6.07, 6.45) is 18.0. The van der Waals surface area contributed by atoms with E-state index >= 15 is 0 Å². The molecule has 8 nitrogen and oxygen atoms in total. The van der Waals surface area contributed by atoms with Gasteiger partial charge in [0.15, 0.2) is 23.1 Å². The van der Waals surface area contributed by atoms with Crippen molar-refractivity contribution in [3.63, 3.8) is 0 Å². The van der Waals surface area contributed by atoms with Gasteiger partial charge in [-0.05, 0) is 102 Å². The zero-order chi connectivity index (χ0) is 36.7. The SMILES string of the molecule is CCCCC1(C=CC(=O)CCc2ccc(O)c(OCCc3ccc(O)c(C4c5ccc(C(N)N)cc5CCC4C(=O)c4cc[nH]c4)c3)c2)CCCC1. The van der Waals surface area contributed by atoms with E-state index in [1.807, 2.05) is 48.5 Å². The van der Waals surface area contributed by atoms with Gasteiger partial charge in [0, 0.05) is 48.2 Å². The van der Waals surface area contributed by atoms with E-state index in [2.05, 4.69) is 18.0 Å². The molecular formula is C44H53N3O5. The number of ether oxygens (including phenoxy) is 1. The van der Waals surface area contributed by atoms with Crippen molar-refractivity contribution in [3.05, 3.63) is 124 Å². The van der Waals surface area contributed by atoms with Gasteiger partial charge in [-0.2, -0.15) is 0 Å². The molecule has 274 valence electrons. The number of unbranched alkanes of at least 4 members (excludes halogenated alkanes) is 1. The standard InChI is InChI=1S/C44H53N3O5/c1-2-3-19-44(20-4-5-21-44)22-16-34(48)11-6-29-8-15-39(50)40(26-29)52-24-18-30-7-14-38(49)37(25-30)41-35-12-10-32(43(45)46)27-31(35)9-13-36(41)42(51)33-17-23-47-28-33/h7-8,10,12,14-17,22-23,25-28,36,41,43,47,49-50H,2-6,9,11,13,18-21,24,45-46H2,1H3. The molecule has 0 radical (unpaired) electrons. The van der Waals surface area contributed by atoms with Crippen molar-refractivity contribution in [1.82, 2.24) is 4.98 Å². The van der Waals surface area contributed by atoms with E-state index in [1.165, 1.54) is 38.5 Å². The Labute approximate surface area is 307 Å². The molecule has 0 amide bonds. The number of aromatic hydroxyl groups is 2. The van der Waals surface area contributed by atoms with Crippen molar-refractivity contribution in [2.75, 3.05) is 6.61 Å². The predicted molar refractivity (Wildman–Crippen MR) is 205 cm³/mol. The molecule has 52 heavy (non-hydrogen) atoms. The third kappa shape index (κ3) is 8.68. The minimum atomic E-state index is -0.603. The number of carbonyl (C=O) groups is 2. The lowest BCUT2D eigenvalue weighted by atomic mass is 9.68. The number of phenols is 2. The van der Waals surface area contributed by atoms with E-state index in [-0.39, 0.29) is 46.9 Å². The lowest BCUT2D eigenvalue weighted by Crippen LogP contribution is -2.29. The number of phenolic OH excluding ortho intramolecular Hbond substituents is 2. The molecule has 0 spiro atoms. The molecule has 1 fully saturated rings. The van der Waals surface area contributed by atoms with Crippen LogP contribution in [-0.2, 0) is 24.1 Å². The van der Waals surface area contributed by atoms with E-state index in [1.54, 1.807) is 30.6 Å². The second-order valence-electron chi connectivity index (χ2n) is 14.8. The fourth-order valence-electron chi connectivity index (χ4n) is 8.25. The Kier molecular flexibility index (Phi) is 12.0. The minimum absolute atomic E-state index is 0.0300. The maximum absolute atomic E-state index is 13.8. The zero-order valence-electron chi connectivity index (χ0n) is 30.3. The number of hydrogen-bond acceptors (Lipinski definition) is 7. The van der Waals surface area contributed by atoms with E-state index in [4.69, 9.17) is 16.2 Å². The first-order valence-electron chi connectivity index (χ1n) is 19.0. The molecule has 0 saturated heterocycles. The van der Waals surface area contributed by atoms with Crippen molar-refractivity contribution in [2.45, 2.75) is 96.1 Å². The van der Waals surface area contributed by atoms with Gasteiger partial charge in [-0.25, -0.2) is 0 Å². The van der Waals surface area contributed by atoms with Gasteiger partial charge in [0.1, 0.15) is 5.75 Å². The molecular weight excluding hydrogens is 650 g/mol. The van der Waals surface area contributed by atoms with Crippen LogP contribution in [0.25, 0.3) is 0 Å². The average molecular weight is 704 g/mol. The summed E-state index contributed by atoms with van der Waals surface area (Å²) >= 11 is 0. The van der Waals surface area contributed by atoms with E-state index in [0.29, 0.717) is 49.0 Å². The highest BCUT2D eigenvalue weighted by molar-refractivity contribution is 5.99. The zero-order valence-corrected chi connectivity index (χ0v) is 30.3. The number of ketones is 2. The van der Waals surface area contributed by atoms with Crippen LogP contribution >= 0.6 is 0 Å². The number of rotatable bonds is 16. The lowest BCUT2D eigenvalue weighted by molar-refractivity contribution is -0.114. The largest absolute Gasteiger partial charge is 0.508 e. The van der Waals surface area contributed by atoms with Gasteiger partial charge in [-0.3, -0.25) is 9.59 Å². The van der Waals surface area contributed by atoms with Crippen LogP contribution in [0.5, 0.6) is 17.2 Å². The summed E-state index contributed by atoms with van der Waals surface area (Å²) in [5.41, 5.74) is 18.2. The molecule has 1 heterocycles. The number of aromatic nitrogens is 1. The monoisotopic (exact) mass is 703 g/mol. The van der Waals surface area contributed by atoms with E-state index in [9.17, 15) is 19.8 Å². The number of nitrogens with one attached hydrogen (secondary N) is 1. The lowest BCUT2D eigenvalue weighted by Gasteiger charge is -2.34. The normalized spacial score (nSPS) is 18.2. The molecule has 0 aliphatic heterocycles. The number of Topliss-reactive ketones (excluding diaryl/α,β-unsaturated/α-hetero) is 1. The van der Waals surface area contributed by atoms with Crippen molar-refractivity contribution in [2.24, 2.45) is 22.8 Å². The van der Waals surface area contributed by atoms with E-state index in [0.717, 1.165) is 34.2 Å². The number of nitrogens with two attached hydrogens (primary N) is 2. The third-order valence-corrected chi connectivity index (χ3v) is 11.2. The first-order valence-corrected chi connectivity index (χ1v) is 19.0. The van der Waals surface area contributed by atoms with Crippen LogP contribution in [0.15, 0.2) is 85.2 Å². The minimum Gasteiger partial charge on any atom is -0.508 e. The van der Waals surface area contributed by atoms with Gasteiger partial charge in [0.25, 0.3) is 0 Å². The molecule has 2 unspecified atom stereocenters. The van der Waals surface area contributed by atoms with Crippen LogP contribution in [0.4, 0.5) is 0 Å². The number of allylic oxidation sites excluding steroid dienone is 2. The Morgan fingerprint density at radius 2 is 1.73 bits per heavy atom. The second kappa shape index (κ2) is 16.8. The Hall–Kier alpha value is -4.66. The quantitative estimate of drug-likeness (QED) is 0.0447. The summed E-state index contributed by atoms with van der Waals surface area (Å²) in [5, 5.41) is 21.8. The fraction of sp³-hybridized carbons (Fsp3) is 0.409. The number of aryl methyl sites for hydroxylation is 2. The third-order valence-electron chi connectivity index (χ3n) is 11.2. The maximum atomic E-state index is 13.8. The highest BCUT2D eigenvalue weighted by Gasteiger charge is 2.38. The summed E-state index contributed by atoms with van der Waals surface area (Å²) in [6, 6.07) is 18.5. The summed E-state index contributed by atoms with van der Waals surface area (Å²) in [5.74, 6) is -0.0374. The Morgan fingerprint density at radius 3 is 2.46 bits per heavy atom. The molecule has 2 aliphatic rings. The van der Waals surface area contributed by atoms with Crippen LogP contribution < -0.4 is 16.2 Å². The molecule has 1 aromatic heterocycles. The predicted octanol–water partition coefficient (Wildman–Crippen LogP) is 8.35. The Balaban J connectivity index is 1.13. The van der Waals surface area contributed by atoms with Crippen LogP contribution in [0.3, 0.4) is 0 Å². The molecule has 8 heteroatoms. The molecule has 1 saturated carbocycles. The van der Waals surface area contributed by atoms with Crippen LogP contribution in [0.1, 0.15) is 121 Å². The summed E-state index contributed by atoms with van der Waals surface area (Å²) in [4.78, 5) is 29.7. The number of aromatic amines is 1. The van der Waals surface area contributed by atoms with Crippen LogP contribution in [-0.4, -0.2) is 33.4 Å². The van der Waals surface area contributed by atoms with Gasteiger partial charge in [0.2, 0.25) is 0 Å². The van der Waals surface area contributed by atoms with Gasteiger partial charge in [-0.1, -0.05) is 75.1 Å². The van der Waals surface area contributed by atoms with Crippen molar-refractivity contribution in [1.29, 1.82) is 0 Å². The number of carbonyl (C=O) groups excluding carboxylic acids is 2. The molecule has 6 rings (SSSR count). The fourth-order valence-corrected chi connectivity index (χ4v) is 8.25. The summed E-state index contributed by atoms with van der Waals surface area (Å²) in [6.45, 7) is 2.50. The van der Waals surface area contributed by atoms with Gasteiger partial charge < -0.3 is 31.4 Å². The van der Waals surface area contributed by atoms with Gasteiger partial charge in [-0.15, -0.1) is 0 Å². The highest BCUT2D eigenvalue weighted by Crippen LogP contribution is 2.46. The second-order valence-corrected chi connectivity index (χ2v) is 14.8. The molecule has 0 bridgehead atoms. The van der Waals surface area contributed by atoms with Crippen LogP contribution in [0.2, 0.25) is 0 Å². The number of H-pyrrole nitrogens is 1. The van der Waals surface area contributed by atoms with Crippen molar-refractivity contribution >= 4 is 11.6 Å². The molecule has 2 aliphatic carbocycles. The van der Waals surface area contributed by atoms with Crippen molar-refractivity contribution in [3.8, 4) is 17.2 Å². The first kappa shape index (κ1) is 37.1. The Bertz CT molecular complexity index is 1870. The van der Waals surface area contributed by atoms with Gasteiger partial charge >= 0.3 is 0 Å². The van der Waals surface area contributed by atoms with Gasteiger partial charge in [0.05, 0.1) is 12.8 Å². The average Bonchev–Trinajstić information content (AvgIpc) is 3.87.